The van der Waals surface area contributed by atoms with Crippen LogP contribution in [0.4, 0.5) is 0 Å². The number of rotatable bonds is 5. The number of aliphatic carboxylic acids is 1. The number of aromatic amines is 1. The third-order valence-electron chi connectivity index (χ3n) is 2.32. The van der Waals surface area contributed by atoms with E-state index in [1.807, 2.05) is 31.2 Å². The highest BCUT2D eigenvalue weighted by molar-refractivity contribution is 7.98. The van der Waals surface area contributed by atoms with Crippen molar-refractivity contribution in [1.82, 2.24) is 15.2 Å². The number of carbonyl (C=O) groups is 1. The van der Waals surface area contributed by atoms with E-state index in [0.29, 0.717) is 0 Å². The summed E-state index contributed by atoms with van der Waals surface area (Å²) in [6.45, 7) is 1.86. The van der Waals surface area contributed by atoms with Crippen molar-refractivity contribution in [2.75, 3.05) is 0 Å². The second-order valence-electron chi connectivity index (χ2n) is 3.88. The highest BCUT2D eigenvalue weighted by Gasteiger charge is 2.03. The molecule has 0 aliphatic heterocycles. The smallest absolute Gasteiger partial charge is 0.307 e. The maximum atomic E-state index is 10.5. The van der Waals surface area contributed by atoms with Gasteiger partial charge in [-0.15, -0.1) is 5.10 Å². The predicted octanol–water partition coefficient (Wildman–Crippen LogP) is 2.03. The molecule has 0 amide bonds. The number of carboxylic acids is 1. The van der Waals surface area contributed by atoms with Crippen LogP contribution in [0.15, 0.2) is 29.4 Å². The summed E-state index contributed by atoms with van der Waals surface area (Å²) in [4.78, 5) is 14.7. The molecule has 0 spiro atoms. The number of nitrogens with one attached hydrogen (secondary N) is 1. The summed E-state index contributed by atoms with van der Waals surface area (Å²) in [6.07, 6.45) is 0.0630. The Kier molecular flexibility index (Phi) is 3.99. The van der Waals surface area contributed by atoms with Crippen molar-refractivity contribution in [3.05, 3.63) is 41.2 Å². The zero-order chi connectivity index (χ0) is 13.0. The lowest BCUT2D eigenvalue weighted by Crippen LogP contribution is -1.99. The third kappa shape index (κ3) is 3.59. The first-order chi connectivity index (χ1) is 8.63. The molecule has 18 heavy (non-hydrogen) atoms. The van der Waals surface area contributed by atoms with E-state index in [4.69, 9.17) is 5.11 Å². The number of H-pyrrole nitrogens is 1. The van der Waals surface area contributed by atoms with E-state index in [1.54, 1.807) is 11.8 Å². The first kappa shape index (κ1) is 12.6. The molecule has 0 unspecified atom stereocenters. The van der Waals surface area contributed by atoms with Crippen molar-refractivity contribution in [1.29, 1.82) is 0 Å². The number of thioether (sulfide) groups is 1. The standard InChI is InChI=1S/C12H13N3O2S/c1-8-13-12(15-14-8)18-7-10-4-2-9(3-5-10)6-11(16)17/h2-5H,6-7H2,1H3,(H,16,17)(H,13,14,15). The van der Waals surface area contributed by atoms with Crippen LogP contribution in [0.2, 0.25) is 0 Å². The highest BCUT2D eigenvalue weighted by Crippen LogP contribution is 2.19. The van der Waals surface area contributed by atoms with Crippen molar-refractivity contribution < 1.29 is 9.90 Å². The van der Waals surface area contributed by atoms with Gasteiger partial charge in [0.2, 0.25) is 5.16 Å². The number of hydrogen-bond donors (Lipinski definition) is 2. The molecule has 2 aromatic rings. The summed E-state index contributed by atoms with van der Waals surface area (Å²) >= 11 is 1.54. The predicted molar refractivity (Wildman–Crippen MR) is 68.5 cm³/mol. The van der Waals surface area contributed by atoms with Crippen molar-refractivity contribution in [2.24, 2.45) is 0 Å². The monoisotopic (exact) mass is 263 g/mol. The van der Waals surface area contributed by atoms with Gasteiger partial charge in [-0.25, -0.2) is 4.98 Å². The van der Waals surface area contributed by atoms with Gasteiger partial charge in [-0.1, -0.05) is 36.0 Å². The molecule has 1 aromatic heterocycles. The topological polar surface area (TPSA) is 78.9 Å². The number of aryl methyl sites for hydroxylation is 1. The minimum absolute atomic E-state index is 0.0630. The van der Waals surface area contributed by atoms with Crippen LogP contribution in [0, 0.1) is 6.92 Å². The molecule has 0 aliphatic rings. The number of hydrogen-bond acceptors (Lipinski definition) is 4. The Morgan fingerprint density at radius 1 is 1.33 bits per heavy atom. The Hall–Kier alpha value is -1.82. The van der Waals surface area contributed by atoms with Gasteiger partial charge < -0.3 is 5.11 Å². The maximum absolute atomic E-state index is 10.5. The Morgan fingerprint density at radius 3 is 2.56 bits per heavy atom. The molecule has 6 heteroatoms. The summed E-state index contributed by atoms with van der Waals surface area (Å²) in [5.41, 5.74) is 1.93. The molecule has 0 fully saturated rings. The van der Waals surface area contributed by atoms with Crippen LogP contribution < -0.4 is 0 Å². The maximum Gasteiger partial charge on any atom is 0.307 e. The van der Waals surface area contributed by atoms with Gasteiger partial charge in [0, 0.05) is 5.75 Å². The average molecular weight is 263 g/mol. The van der Waals surface area contributed by atoms with Crippen LogP contribution in [0.25, 0.3) is 0 Å². The van der Waals surface area contributed by atoms with Crippen LogP contribution in [-0.4, -0.2) is 26.3 Å². The third-order valence-corrected chi connectivity index (χ3v) is 3.24. The Balaban J connectivity index is 1.92. The molecular formula is C12H13N3O2S. The number of benzene rings is 1. The van der Waals surface area contributed by atoms with Gasteiger partial charge in [0.1, 0.15) is 5.82 Å². The van der Waals surface area contributed by atoms with Gasteiger partial charge in [-0.05, 0) is 18.1 Å². The molecule has 0 saturated heterocycles. The first-order valence-corrected chi connectivity index (χ1v) is 6.43. The fourth-order valence-electron chi connectivity index (χ4n) is 1.46. The van der Waals surface area contributed by atoms with Crippen molar-refractivity contribution >= 4 is 17.7 Å². The second kappa shape index (κ2) is 5.68. The van der Waals surface area contributed by atoms with Crippen LogP contribution in [0.1, 0.15) is 17.0 Å². The quantitative estimate of drug-likeness (QED) is 0.807. The van der Waals surface area contributed by atoms with E-state index in [2.05, 4.69) is 15.2 Å². The fraction of sp³-hybridized carbons (Fsp3) is 0.250. The van der Waals surface area contributed by atoms with E-state index in [0.717, 1.165) is 27.9 Å². The normalized spacial score (nSPS) is 10.5. The van der Waals surface area contributed by atoms with Crippen LogP contribution in [-0.2, 0) is 17.0 Å². The number of carboxylic acid groups (broad SMARTS) is 1. The molecular weight excluding hydrogens is 250 g/mol. The minimum Gasteiger partial charge on any atom is -0.481 e. The highest BCUT2D eigenvalue weighted by atomic mass is 32.2. The molecule has 2 rings (SSSR count). The van der Waals surface area contributed by atoms with E-state index in [-0.39, 0.29) is 6.42 Å². The zero-order valence-electron chi connectivity index (χ0n) is 9.88. The van der Waals surface area contributed by atoms with E-state index in [9.17, 15) is 4.79 Å². The fourth-order valence-corrected chi connectivity index (χ4v) is 2.26. The summed E-state index contributed by atoms with van der Waals surface area (Å²) < 4.78 is 0. The summed E-state index contributed by atoms with van der Waals surface area (Å²) in [7, 11) is 0. The van der Waals surface area contributed by atoms with Gasteiger partial charge in [0.05, 0.1) is 6.42 Å². The van der Waals surface area contributed by atoms with Crippen LogP contribution in [0.3, 0.4) is 0 Å². The molecule has 0 saturated carbocycles. The molecule has 1 heterocycles. The van der Waals surface area contributed by atoms with Crippen molar-refractivity contribution in [3.63, 3.8) is 0 Å². The van der Waals surface area contributed by atoms with Gasteiger partial charge in [-0.2, -0.15) is 0 Å². The van der Waals surface area contributed by atoms with Crippen molar-refractivity contribution in [3.8, 4) is 0 Å². The lowest BCUT2D eigenvalue weighted by atomic mass is 10.1. The molecule has 0 bridgehead atoms. The van der Waals surface area contributed by atoms with E-state index >= 15 is 0 Å². The average Bonchev–Trinajstić information content (AvgIpc) is 2.74. The zero-order valence-corrected chi connectivity index (χ0v) is 10.7. The number of aromatic nitrogens is 3. The van der Waals surface area contributed by atoms with E-state index < -0.39 is 5.97 Å². The summed E-state index contributed by atoms with van der Waals surface area (Å²) in [5.74, 6) is 0.757. The lowest BCUT2D eigenvalue weighted by Gasteiger charge is -2.01. The summed E-state index contributed by atoms with van der Waals surface area (Å²) in [6, 6.07) is 7.55. The second-order valence-corrected chi connectivity index (χ2v) is 4.82. The van der Waals surface area contributed by atoms with Gasteiger partial charge >= 0.3 is 5.97 Å². The Labute approximate surface area is 109 Å². The minimum atomic E-state index is -0.812. The Bertz CT molecular complexity index is 537. The van der Waals surface area contributed by atoms with Crippen LogP contribution >= 0.6 is 11.8 Å². The molecule has 1 aromatic carbocycles. The molecule has 5 nitrogen and oxygen atoms in total. The first-order valence-electron chi connectivity index (χ1n) is 5.45. The van der Waals surface area contributed by atoms with E-state index in [1.165, 1.54) is 0 Å². The molecule has 2 N–H and O–H groups in total. The summed E-state index contributed by atoms with van der Waals surface area (Å²) in [5, 5.41) is 16.2. The van der Waals surface area contributed by atoms with Crippen molar-refractivity contribution in [2.45, 2.75) is 24.3 Å². The molecule has 0 atom stereocenters. The van der Waals surface area contributed by atoms with Gasteiger partial charge in [-0.3, -0.25) is 9.89 Å². The van der Waals surface area contributed by atoms with Gasteiger partial charge in [0.15, 0.2) is 0 Å². The lowest BCUT2D eigenvalue weighted by molar-refractivity contribution is -0.136. The van der Waals surface area contributed by atoms with Crippen LogP contribution in [0.5, 0.6) is 0 Å². The Morgan fingerprint density at radius 2 is 2.00 bits per heavy atom. The van der Waals surface area contributed by atoms with Gasteiger partial charge in [0.25, 0.3) is 0 Å². The largest absolute Gasteiger partial charge is 0.481 e. The molecule has 0 aliphatic carbocycles. The SMILES string of the molecule is Cc1nc(SCc2ccc(CC(=O)O)cc2)n[nH]1. The molecule has 0 radical (unpaired) electrons. The molecule has 94 valence electrons. The number of nitrogens with zero attached hydrogens (tertiary/aromatic N) is 2.